The topological polar surface area (TPSA) is 46.5 Å². The standard InChI is InChI=1S/C12H14O3/c1-12(8-6-4-3-5-7-8)9(11(13)14)10(12)15-2/h3-7,9-10H,1-2H3,(H,13,14)/t9-,10-,12+/m1/s1. The lowest BCUT2D eigenvalue weighted by atomic mass is 9.95. The van der Waals surface area contributed by atoms with Crippen molar-refractivity contribution in [1.29, 1.82) is 0 Å². The van der Waals surface area contributed by atoms with E-state index in [9.17, 15) is 4.79 Å². The first-order chi connectivity index (χ1) is 7.12. The van der Waals surface area contributed by atoms with Crippen LogP contribution < -0.4 is 0 Å². The van der Waals surface area contributed by atoms with E-state index in [0.717, 1.165) is 5.56 Å². The van der Waals surface area contributed by atoms with Crippen molar-refractivity contribution in [3.63, 3.8) is 0 Å². The van der Waals surface area contributed by atoms with Gasteiger partial charge in [0, 0.05) is 12.5 Å². The third-order valence-corrected chi connectivity index (χ3v) is 3.35. The maximum absolute atomic E-state index is 11.0. The van der Waals surface area contributed by atoms with Gasteiger partial charge in [-0.3, -0.25) is 4.79 Å². The molecule has 0 saturated heterocycles. The van der Waals surface area contributed by atoms with Crippen molar-refractivity contribution in [2.24, 2.45) is 5.92 Å². The fourth-order valence-corrected chi connectivity index (χ4v) is 2.38. The average molecular weight is 206 g/mol. The Hall–Kier alpha value is -1.35. The molecule has 15 heavy (non-hydrogen) atoms. The van der Waals surface area contributed by atoms with Gasteiger partial charge >= 0.3 is 5.97 Å². The van der Waals surface area contributed by atoms with E-state index >= 15 is 0 Å². The summed E-state index contributed by atoms with van der Waals surface area (Å²) in [6, 6.07) is 9.67. The molecule has 80 valence electrons. The second-order valence-electron chi connectivity index (χ2n) is 4.12. The minimum absolute atomic E-state index is 0.211. The van der Waals surface area contributed by atoms with Crippen LogP contribution in [0.1, 0.15) is 12.5 Å². The molecule has 1 aliphatic rings. The largest absolute Gasteiger partial charge is 0.481 e. The predicted octanol–water partition coefficient (Wildman–Crippen LogP) is 1.67. The van der Waals surface area contributed by atoms with Crippen LogP contribution in [0.15, 0.2) is 30.3 Å². The Morgan fingerprint density at radius 3 is 2.40 bits per heavy atom. The highest BCUT2D eigenvalue weighted by Crippen LogP contribution is 2.55. The SMILES string of the molecule is CO[C@@H]1[C@H](C(=O)O)[C@]1(C)c1ccccc1. The molecule has 0 spiro atoms. The molecule has 1 aliphatic carbocycles. The third-order valence-electron chi connectivity index (χ3n) is 3.35. The number of carbonyl (C=O) groups is 1. The van der Waals surface area contributed by atoms with Crippen LogP contribution in [0.4, 0.5) is 0 Å². The first-order valence-electron chi connectivity index (χ1n) is 4.93. The van der Waals surface area contributed by atoms with Gasteiger partial charge in [-0.2, -0.15) is 0 Å². The van der Waals surface area contributed by atoms with E-state index in [1.165, 1.54) is 0 Å². The van der Waals surface area contributed by atoms with Crippen molar-refractivity contribution in [2.75, 3.05) is 7.11 Å². The number of benzene rings is 1. The van der Waals surface area contributed by atoms with Gasteiger partial charge in [0.25, 0.3) is 0 Å². The number of carboxylic acid groups (broad SMARTS) is 1. The summed E-state index contributed by atoms with van der Waals surface area (Å²) in [5.74, 6) is -1.21. The van der Waals surface area contributed by atoms with E-state index in [1.54, 1.807) is 7.11 Å². The molecule has 3 atom stereocenters. The van der Waals surface area contributed by atoms with Crippen LogP contribution in [-0.2, 0) is 14.9 Å². The molecular weight excluding hydrogens is 192 g/mol. The fraction of sp³-hybridized carbons (Fsp3) is 0.417. The number of aliphatic carboxylic acids is 1. The second kappa shape index (κ2) is 3.35. The highest BCUT2D eigenvalue weighted by Gasteiger charge is 2.67. The number of hydrogen-bond acceptors (Lipinski definition) is 2. The van der Waals surface area contributed by atoms with E-state index in [1.807, 2.05) is 37.3 Å². The van der Waals surface area contributed by atoms with Crippen molar-refractivity contribution in [2.45, 2.75) is 18.4 Å². The Labute approximate surface area is 88.7 Å². The molecule has 0 heterocycles. The summed E-state index contributed by atoms with van der Waals surface area (Å²) in [4.78, 5) is 11.0. The summed E-state index contributed by atoms with van der Waals surface area (Å²) in [6.45, 7) is 1.94. The van der Waals surface area contributed by atoms with Crippen LogP contribution in [0.2, 0.25) is 0 Å². The van der Waals surface area contributed by atoms with Gasteiger partial charge in [0.05, 0.1) is 12.0 Å². The molecule has 0 radical (unpaired) electrons. The minimum atomic E-state index is -0.784. The van der Waals surface area contributed by atoms with Gasteiger partial charge in [-0.15, -0.1) is 0 Å². The Morgan fingerprint density at radius 1 is 1.40 bits per heavy atom. The number of ether oxygens (including phenoxy) is 1. The number of carboxylic acids is 1. The molecule has 1 aromatic carbocycles. The summed E-state index contributed by atoms with van der Waals surface area (Å²) in [5.41, 5.74) is 0.659. The zero-order valence-electron chi connectivity index (χ0n) is 8.81. The van der Waals surface area contributed by atoms with E-state index in [-0.39, 0.29) is 11.5 Å². The molecule has 1 aromatic rings. The van der Waals surface area contributed by atoms with Crippen molar-refractivity contribution in [3.05, 3.63) is 35.9 Å². The van der Waals surface area contributed by atoms with Crippen molar-refractivity contribution in [3.8, 4) is 0 Å². The average Bonchev–Trinajstić information content (AvgIpc) is 2.87. The van der Waals surface area contributed by atoms with Gasteiger partial charge in [-0.1, -0.05) is 37.3 Å². The number of methoxy groups -OCH3 is 1. The maximum Gasteiger partial charge on any atom is 0.310 e. The lowest BCUT2D eigenvalue weighted by Crippen LogP contribution is -2.11. The molecule has 2 rings (SSSR count). The van der Waals surface area contributed by atoms with Gasteiger partial charge in [0.1, 0.15) is 0 Å². The highest BCUT2D eigenvalue weighted by molar-refractivity contribution is 5.79. The van der Waals surface area contributed by atoms with E-state index in [2.05, 4.69) is 0 Å². The predicted molar refractivity (Wildman–Crippen MR) is 55.7 cm³/mol. The van der Waals surface area contributed by atoms with Gasteiger partial charge in [0.15, 0.2) is 0 Å². The molecule has 3 nitrogen and oxygen atoms in total. The molecule has 3 heteroatoms. The highest BCUT2D eigenvalue weighted by atomic mass is 16.5. The molecule has 0 aromatic heterocycles. The fourth-order valence-electron chi connectivity index (χ4n) is 2.38. The molecule has 0 bridgehead atoms. The Kier molecular flexibility index (Phi) is 2.27. The van der Waals surface area contributed by atoms with Crippen LogP contribution in [0.3, 0.4) is 0 Å². The smallest absolute Gasteiger partial charge is 0.310 e. The van der Waals surface area contributed by atoms with Gasteiger partial charge in [-0.25, -0.2) is 0 Å². The van der Waals surface area contributed by atoms with Crippen LogP contribution >= 0.6 is 0 Å². The molecule has 0 aliphatic heterocycles. The van der Waals surface area contributed by atoms with E-state index in [0.29, 0.717) is 0 Å². The monoisotopic (exact) mass is 206 g/mol. The summed E-state index contributed by atoms with van der Waals surface area (Å²) < 4.78 is 5.22. The first kappa shape index (κ1) is 10.2. The van der Waals surface area contributed by atoms with Gasteiger partial charge in [0.2, 0.25) is 0 Å². The minimum Gasteiger partial charge on any atom is -0.481 e. The van der Waals surface area contributed by atoms with E-state index < -0.39 is 11.9 Å². The lowest BCUT2D eigenvalue weighted by molar-refractivity contribution is -0.139. The summed E-state index contributed by atoms with van der Waals surface area (Å²) in [5, 5.41) is 9.07. The Bertz CT molecular complexity index is 374. The molecule has 0 amide bonds. The van der Waals surface area contributed by atoms with E-state index in [4.69, 9.17) is 9.84 Å². The number of hydrogen-bond donors (Lipinski definition) is 1. The maximum atomic E-state index is 11.0. The zero-order chi connectivity index (χ0) is 11.1. The van der Waals surface area contributed by atoms with Crippen molar-refractivity contribution < 1.29 is 14.6 Å². The Morgan fingerprint density at radius 2 is 2.00 bits per heavy atom. The zero-order valence-corrected chi connectivity index (χ0v) is 8.81. The summed E-state index contributed by atoms with van der Waals surface area (Å²) >= 11 is 0. The molecular formula is C12H14O3. The van der Waals surface area contributed by atoms with Crippen LogP contribution in [0.25, 0.3) is 0 Å². The normalized spacial score (nSPS) is 33.7. The molecule has 0 unspecified atom stereocenters. The first-order valence-corrected chi connectivity index (χ1v) is 4.93. The van der Waals surface area contributed by atoms with Crippen LogP contribution in [-0.4, -0.2) is 24.3 Å². The number of rotatable bonds is 3. The lowest BCUT2D eigenvalue weighted by Gasteiger charge is -2.10. The van der Waals surface area contributed by atoms with Crippen LogP contribution in [0.5, 0.6) is 0 Å². The molecule has 1 saturated carbocycles. The quantitative estimate of drug-likeness (QED) is 0.818. The van der Waals surface area contributed by atoms with Crippen LogP contribution in [0, 0.1) is 5.92 Å². The van der Waals surface area contributed by atoms with Crippen molar-refractivity contribution >= 4 is 5.97 Å². The molecule has 1 N–H and O–H groups in total. The third kappa shape index (κ3) is 1.35. The summed E-state index contributed by atoms with van der Waals surface area (Å²) in [7, 11) is 1.56. The van der Waals surface area contributed by atoms with Crippen molar-refractivity contribution in [1.82, 2.24) is 0 Å². The van der Waals surface area contributed by atoms with Gasteiger partial charge < -0.3 is 9.84 Å². The molecule has 1 fully saturated rings. The Balaban J connectivity index is 2.33. The second-order valence-corrected chi connectivity index (χ2v) is 4.12. The summed E-state index contributed by atoms with van der Waals surface area (Å²) in [6.07, 6.45) is -0.211. The van der Waals surface area contributed by atoms with Gasteiger partial charge in [-0.05, 0) is 5.56 Å².